The van der Waals surface area contributed by atoms with E-state index in [-0.39, 0.29) is 23.7 Å². The molecule has 1 fully saturated rings. The number of hydrogen-bond acceptors (Lipinski definition) is 4. The Hall–Kier alpha value is -2.05. The topological polar surface area (TPSA) is 113 Å². The molecule has 1 aromatic rings. The van der Waals surface area contributed by atoms with Crippen molar-refractivity contribution in [2.75, 3.05) is 12.3 Å². The predicted octanol–water partition coefficient (Wildman–Crippen LogP) is -1.000. The highest BCUT2D eigenvalue weighted by Crippen LogP contribution is 2.05. The predicted molar refractivity (Wildman–Crippen MR) is 56.5 cm³/mol. The van der Waals surface area contributed by atoms with Gasteiger partial charge >= 0.3 is 0 Å². The van der Waals surface area contributed by atoms with E-state index in [9.17, 15) is 9.59 Å². The Morgan fingerprint density at radius 2 is 2.44 bits per heavy atom. The van der Waals surface area contributed by atoms with Crippen molar-refractivity contribution in [3.05, 3.63) is 11.8 Å². The van der Waals surface area contributed by atoms with Gasteiger partial charge in [0.2, 0.25) is 5.91 Å². The number of aromatic nitrogens is 2. The quantitative estimate of drug-likeness (QED) is 0.515. The first-order valence-corrected chi connectivity index (χ1v) is 5.03. The van der Waals surface area contributed by atoms with Gasteiger partial charge in [-0.1, -0.05) is 0 Å². The third-order valence-corrected chi connectivity index (χ3v) is 2.44. The van der Waals surface area contributed by atoms with Crippen molar-refractivity contribution in [1.29, 1.82) is 0 Å². The Balaban J connectivity index is 1.90. The second-order valence-corrected chi connectivity index (χ2v) is 3.72. The molecule has 86 valence electrons. The standard InChI is InChI=1S/C9H13N5O2/c10-7-3-6(13-14-7)9(16)12-5-1-2-8(15)11-4-5/h3,5H,1-2,4H2,(H,11,15)(H,12,16)(H3,10,13,14). The summed E-state index contributed by atoms with van der Waals surface area (Å²) in [5, 5.41) is 11.7. The Bertz CT molecular complexity index is 404. The van der Waals surface area contributed by atoms with Crippen molar-refractivity contribution < 1.29 is 9.59 Å². The molecule has 1 saturated heterocycles. The van der Waals surface area contributed by atoms with E-state index < -0.39 is 0 Å². The van der Waals surface area contributed by atoms with Gasteiger partial charge in [0, 0.05) is 25.1 Å². The number of hydrogen-bond donors (Lipinski definition) is 4. The number of aromatic amines is 1. The average Bonchev–Trinajstić information content (AvgIpc) is 2.68. The van der Waals surface area contributed by atoms with E-state index in [4.69, 9.17) is 5.73 Å². The van der Waals surface area contributed by atoms with E-state index >= 15 is 0 Å². The van der Waals surface area contributed by atoms with Crippen LogP contribution in [0.3, 0.4) is 0 Å². The third kappa shape index (κ3) is 2.30. The van der Waals surface area contributed by atoms with Crippen molar-refractivity contribution in [2.24, 2.45) is 0 Å². The first-order chi connectivity index (χ1) is 7.65. The summed E-state index contributed by atoms with van der Waals surface area (Å²) in [6.07, 6.45) is 1.09. The number of rotatable bonds is 2. The Kier molecular flexibility index (Phi) is 2.76. The maximum atomic E-state index is 11.7. The minimum atomic E-state index is -0.259. The van der Waals surface area contributed by atoms with Crippen LogP contribution in [-0.4, -0.2) is 34.6 Å². The zero-order valence-corrected chi connectivity index (χ0v) is 8.62. The molecule has 1 aliphatic rings. The number of carbonyl (C=O) groups excluding carboxylic acids is 2. The molecule has 0 spiro atoms. The molecule has 0 saturated carbocycles. The summed E-state index contributed by atoms with van der Waals surface area (Å²) in [5.41, 5.74) is 5.72. The molecule has 5 N–H and O–H groups in total. The van der Waals surface area contributed by atoms with Crippen molar-refractivity contribution >= 4 is 17.6 Å². The van der Waals surface area contributed by atoms with Gasteiger partial charge in [0.1, 0.15) is 11.5 Å². The van der Waals surface area contributed by atoms with Gasteiger partial charge in [-0.15, -0.1) is 0 Å². The van der Waals surface area contributed by atoms with Crippen LogP contribution in [0.5, 0.6) is 0 Å². The number of anilines is 1. The lowest BCUT2D eigenvalue weighted by atomic mass is 10.1. The van der Waals surface area contributed by atoms with Crippen LogP contribution in [-0.2, 0) is 4.79 Å². The molecule has 1 unspecified atom stereocenters. The number of piperidine rings is 1. The van der Waals surface area contributed by atoms with Crippen molar-refractivity contribution in [2.45, 2.75) is 18.9 Å². The first kappa shape index (κ1) is 10.5. The number of nitrogens with two attached hydrogens (primary N) is 1. The summed E-state index contributed by atoms with van der Waals surface area (Å²) >= 11 is 0. The number of nitrogen functional groups attached to an aromatic ring is 1. The number of nitrogens with zero attached hydrogens (tertiary/aromatic N) is 1. The smallest absolute Gasteiger partial charge is 0.269 e. The molecular formula is C9H13N5O2. The zero-order chi connectivity index (χ0) is 11.5. The van der Waals surface area contributed by atoms with E-state index in [0.29, 0.717) is 25.1 Å². The molecule has 0 radical (unpaired) electrons. The highest BCUT2D eigenvalue weighted by molar-refractivity contribution is 5.93. The lowest BCUT2D eigenvalue weighted by Crippen LogP contribution is -2.47. The Labute approximate surface area is 91.8 Å². The number of carbonyl (C=O) groups is 2. The molecule has 0 aromatic carbocycles. The summed E-state index contributed by atoms with van der Waals surface area (Å²) in [4.78, 5) is 22.6. The molecule has 7 nitrogen and oxygen atoms in total. The number of amides is 2. The van der Waals surface area contributed by atoms with Gasteiger partial charge in [0.25, 0.3) is 5.91 Å². The zero-order valence-electron chi connectivity index (χ0n) is 8.62. The SMILES string of the molecule is Nc1cc(C(=O)NC2CCC(=O)NC2)[nH]n1. The number of nitrogens with one attached hydrogen (secondary N) is 3. The van der Waals surface area contributed by atoms with Crippen LogP contribution in [0.4, 0.5) is 5.82 Å². The molecular weight excluding hydrogens is 210 g/mol. The normalized spacial score (nSPS) is 20.2. The van der Waals surface area contributed by atoms with E-state index in [1.54, 1.807) is 0 Å². The summed E-state index contributed by atoms with van der Waals surface area (Å²) in [5.74, 6) is 0.0451. The molecule has 7 heteroatoms. The largest absolute Gasteiger partial charge is 0.382 e. The maximum absolute atomic E-state index is 11.7. The van der Waals surface area contributed by atoms with Crippen LogP contribution in [0.15, 0.2) is 6.07 Å². The van der Waals surface area contributed by atoms with Crippen LogP contribution >= 0.6 is 0 Å². The second-order valence-electron chi connectivity index (χ2n) is 3.72. The van der Waals surface area contributed by atoms with Crippen LogP contribution < -0.4 is 16.4 Å². The Morgan fingerprint density at radius 3 is 3.00 bits per heavy atom. The molecule has 1 atom stereocenters. The lowest BCUT2D eigenvalue weighted by Gasteiger charge is -2.22. The van der Waals surface area contributed by atoms with Gasteiger partial charge in [-0.2, -0.15) is 5.10 Å². The molecule has 2 heterocycles. The molecule has 1 aromatic heterocycles. The highest BCUT2D eigenvalue weighted by Gasteiger charge is 2.20. The van der Waals surface area contributed by atoms with E-state index in [2.05, 4.69) is 20.8 Å². The van der Waals surface area contributed by atoms with Crippen LogP contribution in [0.2, 0.25) is 0 Å². The summed E-state index contributed by atoms with van der Waals surface area (Å²) in [6.45, 7) is 0.466. The Morgan fingerprint density at radius 1 is 1.62 bits per heavy atom. The third-order valence-electron chi connectivity index (χ3n) is 2.44. The second kappa shape index (κ2) is 4.21. The van der Waals surface area contributed by atoms with Gasteiger partial charge in [0.05, 0.1) is 0 Å². The maximum Gasteiger partial charge on any atom is 0.269 e. The monoisotopic (exact) mass is 223 g/mol. The summed E-state index contributed by atoms with van der Waals surface area (Å²) in [6, 6.07) is 1.44. The molecule has 16 heavy (non-hydrogen) atoms. The lowest BCUT2D eigenvalue weighted by molar-refractivity contribution is -0.122. The van der Waals surface area contributed by atoms with Gasteiger partial charge < -0.3 is 16.4 Å². The molecule has 1 aliphatic heterocycles. The van der Waals surface area contributed by atoms with E-state index in [1.807, 2.05) is 0 Å². The van der Waals surface area contributed by atoms with E-state index in [0.717, 1.165) is 0 Å². The molecule has 2 amide bonds. The highest BCUT2D eigenvalue weighted by atomic mass is 16.2. The van der Waals surface area contributed by atoms with Gasteiger partial charge in [-0.05, 0) is 6.42 Å². The number of H-pyrrole nitrogens is 1. The minimum Gasteiger partial charge on any atom is -0.382 e. The molecule has 0 bridgehead atoms. The first-order valence-electron chi connectivity index (χ1n) is 5.03. The summed E-state index contributed by atoms with van der Waals surface area (Å²) < 4.78 is 0. The van der Waals surface area contributed by atoms with Gasteiger partial charge in [0.15, 0.2) is 0 Å². The van der Waals surface area contributed by atoms with Crippen LogP contribution in [0, 0.1) is 0 Å². The fraction of sp³-hybridized carbons (Fsp3) is 0.444. The summed E-state index contributed by atoms with van der Waals surface area (Å²) in [7, 11) is 0. The van der Waals surface area contributed by atoms with Crippen molar-refractivity contribution in [3.63, 3.8) is 0 Å². The van der Waals surface area contributed by atoms with Crippen molar-refractivity contribution in [1.82, 2.24) is 20.8 Å². The average molecular weight is 223 g/mol. The van der Waals surface area contributed by atoms with Crippen LogP contribution in [0.1, 0.15) is 23.3 Å². The fourth-order valence-electron chi connectivity index (χ4n) is 1.57. The fourth-order valence-corrected chi connectivity index (χ4v) is 1.57. The molecule has 0 aliphatic carbocycles. The minimum absolute atomic E-state index is 0.0243. The van der Waals surface area contributed by atoms with Crippen LogP contribution in [0.25, 0.3) is 0 Å². The van der Waals surface area contributed by atoms with E-state index in [1.165, 1.54) is 6.07 Å². The van der Waals surface area contributed by atoms with Crippen molar-refractivity contribution in [3.8, 4) is 0 Å². The van der Waals surface area contributed by atoms with Gasteiger partial charge in [-0.25, -0.2) is 0 Å². The molecule has 2 rings (SSSR count). The van der Waals surface area contributed by atoms with Gasteiger partial charge in [-0.3, -0.25) is 14.7 Å².